The Morgan fingerprint density at radius 3 is 2.94 bits per heavy atom. The summed E-state index contributed by atoms with van der Waals surface area (Å²) < 4.78 is 4.92. The van der Waals surface area contributed by atoms with Crippen molar-refractivity contribution in [3.63, 3.8) is 0 Å². The Kier molecular flexibility index (Phi) is 3.50. The lowest BCUT2D eigenvalue weighted by Gasteiger charge is -2.07. The van der Waals surface area contributed by atoms with Gasteiger partial charge < -0.3 is 9.73 Å². The van der Waals surface area contributed by atoms with Gasteiger partial charge in [0.15, 0.2) is 5.58 Å². The van der Waals surface area contributed by atoms with Crippen molar-refractivity contribution >= 4 is 17.0 Å². The van der Waals surface area contributed by atoms with Crippen molar-refractivity contribution in [2.75, 3.05) is 6.54 Å². The normalized spacial score (nSPS) is 11.1. The molecule has 0 aliphatic carbocycles. The van der Waals surface area contributed by atoms with Crippen LogP contribution in [-0.4, -0.2) is 17.4 Å². The Morgan fingerprint density at radius 2 is 2.22 bits per heavy atom. The number of oxazole rings is 1. The average molecular weight is 248 g/mol. The third-order valence-electron chi connectivity index (χ3n) is 2.72. The number of carbonyl (C=O) groups is 1. The molecule has 0 saturated carbocycles. The van der Waals surface area contributed by atoms with Gasteiger partial charge in [0.25, 0.3) is 0 Å². The lowest BCUT2D eigenvalue weighted by Crippen LogP contribution is -2.29. The standard InChI is InChI=1S/C13H16N2O3/c1-8(2)12(16)14-6-5-9-3-4-11-10(7-9)15-13(17)18-11/h3-4,7-8H,5-6H2,1-2H3,(H,14,16)(H,15,17). The van der Waals surface area contributed by atoms with Crippen LogP contribution in [0.4, 0.5) is 0 Å². The molecule has 0 unspecified atom stereocenters. The topological polar surface area (TPSA) is 75.1 Å². The van der Waals surface area contributed by atoms with Crippen molar-refractivity contribution < 1.29 is 9.21 Å². The third kappa shape index (κ3) is 2.80. The van der Waals surface area contributed by atoms with Crippen molar-refractivity contribution in [3.05, 3.63) is 34.3 Å². The quantitative estimate of drug-likeness (QED) is 0.859. The molecule has 1 aromatic carbocycles. The van der Waals surface area contributed by atoms with Gasteiger partial charge in [0, 0.05) is 12.5 Å². The number of rotatable bonds is 4. The van der Waals surface area contributed by atoms with E-state index >= 15 is 0 Å². The highest BCUT2D eigenvalue weighted by Gasteiger charge is 2.06. The van der Waals surface area contributed by atoms with Gasteiger partial charge >= 0.3 is 5.76 Å². The van der Waals surface area contributed by atoms with Gasteiger partial charge in [0.2, 0.25) is 5.91 Å². The van der Waals surface area contributed by atoms with E-state index in [0.717, 1.165) is 12.0 Å². The van der Waals surface area contributed by atoms with Gasteiger partial charge in [0.05, 0.1) is 5.52 Å². The molecule has 5 heteroatoms. The minimum absolute atomic E-state index is 0.00212. The number of aromatic nitrogens is 1. The molecule has 0 fully saturated rings. The molecule has 96 valence electrons. The van der Waals surface area contributed by atoms with E-state index in [9.17, 15) is 9.59 Å². The largest absolute Gasteiger partial charge is 0.417 e. The van der Waals surface area contributed by atoms with Gasteiger partial charge in [-0.25, -0.2) is 4.79 Å². The first-order chi connectivity index (χ1) is 8.56. The number of benzene rings is 1. The molecule has 2 N–H and O–H groups in total. The highest BCUT2D eigenvalue weighted by molar-refractivity contribution is 5.77. The van der Waals surface area contributed by atoms with Crippen LogP contribution in [0.2, 0.25) is 0 Å². The van der Waals surface area contributed by atoms with Gasteiger partial charge in [-0.15, -0.1) is 0 Å². The number of amides is 1. The molecule has 1 aromatic heterocycles. The predicted molar refractivity (Wildman–Crippen MR) is 68.4 cm³/mol. The lowest BCUT2D eigenvalue weighted by atomic mass is 10.1. The Hall–Kier alpha value is -2.04. The van der Waals surface area contributed by atoms with Crippen LogP contribution in [0, 0.1) is 5.92 Å². The van der Waals surface area contributed by atoms with Crippen LogP contribution in [-0.2, 0) is 11.2 Å². The first kappa shape index (κ1) is 12.4. The summed E-state index contributed by atoms with van der Waals surface area (Å²) in [6.07, 6.45) is 0.724. The fourth-order valence-corrected chi connectivity index (χ4v) is 1.69. The molecule has 0 bridgehead atoms. The van der Waals surface area contributed by atoms with E-state index in [1.807, 2.05) is 26.0 Å². The van der Waals surface area contributed by atoms with E-state index < -0.39 is 5.76 Å². The summed E-state index contributed by atoms with van der Waals surface area (Å²) in [5.74, 6) is -0.402. The molecule has 0 radical (unpaired) electrons. The summed E-state index contributed by atoms with van der Waals surface area (Å²) in [4.78, 5) is 25.0. The molecule has 0 saturated heterocycles. The highest BCUT2D eigenvalue weighted by Crippen LogP contribution is 2.12. The van der Waals surface area contributed by atoms with Gasteiger partial charge in [-0.1, -0.05) is 19.9 Å². The van der Waals surface area contributed by atoms with Crippen molar-refractivity contribution in [1.29, 1.82) is 0 Å². The van der Waals surface area contributed by atoms with E-state index in [1.54, 1.807) is 6.07 Å². The minimum Gasteiger partial charge on any atom is -0.408 e. The van der Waals surface area contributed by atoms with Crippen LogP contribution in [0.1, 0.15) is 19.4 Å². The molecule has 2 aromatic rings. The molecule has 0 atom stereocenters. The number of hydrogen-bond acceptors (Lipinski definition) is 3. The molecular formula is C13H16N2O3. The number of hydrogen-bond donors (Lipinski definition) is 2. The molecule has 1 heterocycles. The van der Waals surface area contributed by atoms with Crippen LogP contribution in [0.25, 0.3) is 11.1 Å². The Morgan fingerprint density at radius 1 is 1.44 bits per heavy atom. The fourth-order valence-electron chi connectivity index (χ4n) is 1.69. The monoisotopic (exact) mass is 248 g/mol. The number of nitrogens with one attached hydrogen (secondary N) is 2. The van der Waals surface area contributed by atoms with Gasteiger partial charge in [-0.05, 0) is 24.1 Å². The summed E-state index contributed by atoms with van der Waals surface area (Å²) in [5, 5.41) is 2.85. The van der Waals surface area contributed by atoms with Crippen molar-refractivity contribution in [3.8, 4) is 0 Å². The highest BCUT2D eigenvalue weighted by atomic mass is 16.4. The maximum Gasteiger partial charge on any atom is 0.417 e. The predicted octanol–water partition coefficient (Wildman–Crippen LogP) is 1.44. The zero-order chi connectivity index (χ0) is 13.1. The Labute approximate surface area is 104 Å². The zero-order valence-electron chi connectivity index (χ0n) is 10.4. The third-order valence-corrected chi connectivity index (χ3v) is 2.72. The van der Waals surface area contributed by atoms with Gasteiger partial charge in [-0.2, -0.15) is 0 Å². The Bertz CT molecular complexity index is 610. The van der Waals surface area contributed by atoms with Crippen LogP contribution in [0.15, 0.2) is 27.4 Å². The maximum absolute atomic E-state index is 11.4. The van der Waals surface area contributed by atoms with E-state index in [4.69, 9.17) is 4.42 Å². The first-order valence-electron chi connectivity index (χ1n) is 5.96. The summed E-state index contributed by atoms with van der Waals surface area (Å²) in [7, 11) is 0. The summed E-state index contributed by atoms with van der Waals surface area (Å²) in [5.41, 5.74) is 2.28. The fraction of sp³-hybridized carbons (Fsp3) is 0.385. The molecule has 0 spiro atoms. The summed E-state index contributed by atoms with van der Waals surface area (Å²) >= 11 is 0. The number of aromatic amines is 1. The van der Waals surface area contributed by atoms with E-state index in [-0.39, 0.29) is 11.8 Å². The van der Waals surface area contributed by atoms with E-state index in [1.165, 1.54) is 0 Å². The van der Waals surface area contributed by atoms with Crippen molar-refractivity contribution in [2.24, 2.45) is 5.92 Å². The number of carbonyl (C=O) groups excluding carboxylic acids is 1. The summed E-state index contributed by atoms with van der Waals surface area (Å²) in [6.45, 7) is 4.31. The second-order valence-electron chi connectivity index (χ2n) is 4.54. The molecule has 0 aliphatic heterocycles. The van der Waals surface area contributed by atoms with Crippen LogP contribution >= 0.6 is 0 Å². The second-order valence-corrected chi connectivity index (χ2v) is 4.54. The van der Waals surface area contributed by atoms with Crippen molar-refractivity contribution in [1.82, 2.24) is 10.3 Å². The SMILES string of the molecule is CC(C)C(=O)NCCc1ccc2oc(=O)[nH]c2c1. The molecular weight excluding hydrogens is 232 g/mol. The van der Waals surface area contributed by atoms with Gasteiger partial charge in [0.1, 0.15) is 0 Å². The molecule has 0 aliphatic rings. The molecule has 1 amide bonds. The zero-order valence-corrected chi connectivity index (χ0v) is 10.4. The molecule has 2 rings (SSSR count). The number of fused-ring (bicyclic) bond motifs is 1. The maximum atomic E-state index is 11.4. The van der Waals surface area contributed by atoms with Gasteiger partial charge in [-0.3, -0.25) is 9.78 Å². The summed E-state index contributed by atoms with van der Waals surface area (Å²) in [6, 6.07) is 5.51. The molecule has 18 heavy (non-hydrogen) atoms. The Balaban J connectivity index is 1.99. The molecule has 5 nitrogen and oxygen atoms in total. The smallest absolute Gasteiger partial charge is 0.408 e. The van der Waals surface area contributed by atoms with Crippen LogP contribution in [0.3, 0.4) is 0 Å². The van der Waals surface area contributed by atoms with Crippen LogP contribution in [0.5, 0.6) is 0 Å². The minimum atomic E-state index is -0.449. The van der Waals surface area contributed by atoms with E-state index in [0.29, 0.717) is 17.6 Å². The second kappa shape index (κ2) is 5.08. The number of H-pyrrole nitrogens is 1. The lowest BCUT2D eigenvalue weighted by molar-refractivity contribution is -0.123. The van der Waals surface area contributed by atoms with Crippen LogP contribution < -0.4 is 11.1 Å². The average Bonchev–Trinajstić information content (AvgIpc) is 2.68. The van der Waals surface area contributed by atoms with Crippen molar-refractivity contribution in [2.45, 2.75) is 20.3 Å². The van der Waals surface area contributed by atoms with E-state index in [2.05, 4.69) is 10.3 Å². The first-order valence-corrected chi connectivity index (χ1v) is 5.96.